The fourth-order valence-corrected chi connectivity index (χ4v) is 3.28. The Kier molecular flexibility index (Phi) is 5.69. The Morgan fingerprint density at radius 2 is 2.09 bits per heavy atom. The molecule has 0 radical (unpaired) electrons. The van der Waals surface area contributed by atoms with E-state index >= 15 is 0 Å². The minimum atomic E-state index is -0.0755. The Labute approximate surface area is 139 Å². The van der Waals surface area contributed by atoms with Gasteiger partial charge < -0.3 is 15.3 Å². The van der Waals surface area contributed by atoms with Crippen molar-refractivity contribution in [3.8, 4) is 0 Å². The maximum Gasteiger partial charge on any atom is 0.317 e. The van der Waals surface area contributed by atoms with Crippen LogP contribution in [0.1, 0.15) is 50.8 Å². The number of amides is 2. The lowest BCUT2D eigenvalue weighted by Crippen LogP contribution is -2.49. The van der Waals surface area contributed by atoms with Gasteiger partial charge in [-0.1, -0.05) is 45.0 Å². The molecule has 2 amide bonds. The van der Waals surface area contributed by atoms with Gasteiger partial charge in [0, 0.05) is 19.7 Å². The first-order chi connectivity index (χ1) is 10.8. The number of rotatable bonds is 3. The number of urea groups is 1. The van der Waals surface area contributed by atoms with E-state index < -0.39 is 0 Å². The number of benzene rings is 1. The smallest absolute Gasteiger partial charge is 0.317 e. The van der Waals surface area contributed by atoms with E-state index in [0.29, 0.717) is 6.54 Å². The fourth-order valence-electron chi connectivity index (χ4n) is 3.28. The van der Waals surface area contributed by atoms with Crippen LogP contribution in [0.5, 0.6) is 0 Å². The molecule has 0 aliphatic carbocycles. The number of piperidine rings is 1. The normalized spacial score (nSPS) is 20.2. The van der Waals surface area contributed by atoms with Crippen molar-refractivity contribution in [1.82, 2.24) is 10.2 Å². The van der Waals surface area contributed by atoms with Gasteiger partial charge in [0.25, 0.3) is 0 Å². The molecule has 1 saturated heterocycles. The maximum atomic E-state index is 12.7. The predicted octanol–water partition coefficient (Wildman–Crippen LogP) is 3.50. The summed E-state index contributed by atoms with van der Waals surface area (Å²) in [5, 5.41) is 12.6. The average Bonchev–Trinajstić information content (AvgIpc) is 2.52. The first-order valence-electron chi connectivity index (χ1n) is 8.54. The molecule has 0 spiro atoms. The highest BCUT2D eigenvalue weighted by Crippen LogP contribution is 2.34. The van der Waals surface area contributed by atoms with Crippen LogP contribution in [-0.2, 0) is 0 Å². The van der Waals surface area contributed by atoms with Gasteiger partial charge in [-0.2, -0.15) is 0 Å². The second-order valence-electron chi connectivity index (χ2n) is 7.74. The van der Waals surface area contributed by atoms with Crippen LogP contribution in [0.2, 0.25) is 0 Å². The number of likely N-dealkylation sites (tertiary alicyclic amines) is 1. The summed E-state index contributed by atoms with van der Waals surface area (Å²) in [4.78, 5) is 14.6. The third-order valence-corrected chi connectivity index (χ3v) is 4.70. The molecule has 2 N–H and O–H groups in total. The van der Waals surface area contributed by atoms with Crippen LogP contribution < -0.4 is 5.32 Å². The molecular weight excluding hydrogens is 288 g/mol. The number of aryl methyl sites for hydroxylation is 1. The Morgan fingerprint density at radius 1 is 1.39 bits per heavy atom. The lowest BCUT2D eigenvalue weighted by atomic mass is 9.81. The number of carbonyl (C=O) groups excluding carboxylic acids is 1. The summed E-state index contributed by atoms with van der Waals surface area (Å²) in [7, 11) is 0. The molecule has 4 heteroatoms. The molecule has 0 aromatic heterocycles. The van der Waals surface area contributed by atoms with E-state index in [4.69, 9.17) is 0 Å². The molecule has 23 heavy (non-hydrogen) atoms. The van der Waals surface area contributed by atoms with Crippen LogP contribution >= 0.6 is 0 Å². The van der Waals surface area contributed by atoms with Crippen molar-refractivity contribution < 1.29 is 9.90 Å². The van der Waals surface area contributed by atoms with Crippen molar-refractivity contribution in [3.63, 3.8) is 0 Å². The zero-order valence-corrected chi connectivity index (χ0v) is 14.8. The summed E-state index contributed by atoms with van der Waals surface area (Å²) < 4.78 is 0. The van der Waals surface area contributed by atoms with Crippen molar-refractivity contribution in [2.45, 2.75) is 46.6 Å². The van der Waals surface area contributed by atoms with Gasteiger partial charge in [-0.05, 0) is 42.2 Å². The number of hydrogen-bond acceptors (Lipinski definition) is 2. The van der Waals surface area contributed by atoms with E-state index in [9.17, 15) is 9.90 Å². The molecule has 1 aromatic rings. The molecule has 1 aromatic carbocycles. The molecule has 1 aliphatic heterocycles. The van der Waals surface area contributed by atoms with E-state index in [1.807, 2.05) is 17.0 Å². The molecule has 1 fully saturated rings. The van der Waals surface area contributed by atoms with Gasteiger partial charge in [-0.25, -0.2) is 4.79 Å². The highest BCUT2D eigenvalue weighted by atomic mass is 16.3. The molecule has 0 bridgehead atoms. The molecule has 128 valence electrons. The van der Waals surface area contributed by atoms with Crippen molar-refractivity contribution in [2.75, 3.05) is 19.7 Å². The molecule has 4 nitrogen and oxygen atoms in total. The van der Waals surface area contributed by atoms with Crippen LogP contribution in [0.25, 0.3) is 0 Å². The summed E-state index contributed by atoms with van der Waals surface area (Å²) in [6, 6.07) is 8.17. The van der Waals surface area contributed by atoms with E-state index in [-0.39, 0.29) is 30.0 Å². The van der Waals surface area contributed by atoms with E-state index in [2.05, 4.69) is 45.1 Å². The Balaban J connectivity index is 2.15. The van der Waals surface area contributed by atoms with Crippen LogP contribution in [0.3, 0.4) is 0 Å². The highest BCUT2D eigenvalue weighted by Gasteiger charge is 2.31. The largest absolute Gasteiger partial charge is 0.396 e. The summed E-state index contributed by atoms with van der Waals surface area (Å²) in [5.41, 5.74) is 2.29. The van der Waals surface area contributed by atoms with Gasteiger partial charge in [0.1, 0.15) is 0 Å². The lowest BCUT2D eigenvalue weighted by molar-refractivity contribution is 0.123. The maximum absolute atomic E-state index is 12.7. The monoisotopic (exact) mass is 318 g/mol. The molecule has 2 unspecified atom stereocenters. The second-order valence-corrected chi connectivity index (χ2v) is 7.74. The van der Waals surface area contributed by atoms with Gasteiger partial charge in [-0.15, -0.1) is 0 Å². The number of carbonyl (C=O) groups is 1. The second kappa shape index (κ2) is 7.35. The summed E-state index contributed by atoms with van der Waals surface area (Å²) in [5.74, 6) is 0.209. The zero-order chi connectivity index (χ0) is 17.0. The fraction of sp³-hybridized carbons (Fsp3) is 0.632. The minimum Gasteiger partial charge on any atom is -0.396 e. The standard InChI is InChI=1S/C19H30N2O2/c1-14-8-5-6-10-16(14)17(19(2,3)4)20-18(23)21-11-7-9-15(12-21)13-22/h5-6,8,10,15,17,22H,7,9,11-13H2,1-4H3,(H,20,23). The number of nitrogens with zero attached hydrogens (tertiary/aromatic N) is 1. The van der Waals surface area contributed by atoms with Crippen LogP contribution in [0.4, 0.5) is 4.79 Å². The SMILES string of the molecule is Cc1ccccc1C(NC(=O)N1CCCC(CO)C1)C(C)(C)C. The number of hydrogen-bond donors (Lipinski definition) is 2. The van der Waals surface area contributed by atoms with Crippen molar-refractivity contribution in [2.24, 2.45) is 11.3 Å². The number of aliphatic hydroxyl groups is 1. The molecule has 2 atom stereocenters. The van der Waals surface area contributed by atoms with Gasteiger partial charge >= 0.3 is 6.03 Å². The van der Waals surface area contributed by atoms with Crippen LogP contribution in [0, 0.1) is 18.3 Å². The van der Waals surface area contributed by atoms with Crippen molar-refractivity contribution in [1.29, 1.82) is 0 Å². The van der Waals surface area contributed by atoms with Gasteiger partial charge in [0.2, 0.25) is 0 Å². The van der Waals surface area contributed by atoms with Crippen molar-refractivity contribution >= 4 is 6.03 Å². The topological polar surface area (TPSA) is 52.6 Å². The first kappa shape index (κ1) is 17.8. The van der Waals surface area contributed by atoms with E-state index in [1.165, 1.54) is 11.1 Å². The molecular formula is C19H30N2O2. The molecule has 1 heterocycles. The van der Waals surface area contributed by atoms with Crippen LogP contribution in [-0.4, -0.2) is 35.7 Å². The Morgan fingerprint density at radius 3 is 2.70 bits per heavy atom. The van der Waals surface area contributed by atoms with Gasteiger partial charge in [0.15, 0.2) is 0 Å². The molecule has 0 saturated carbocycles. The van der Waals surface area contributed by atoms with Crippen molar-refractivity contribution in [3.05, 3.63) is 35.4 Å². The van der Waals surface area contributed by atoms with Gasteiger partial charge in [0.05, 0.1) is 6.04 Å². The highest BCUT2D eigenvalue weighted by molar-refractivity contribution is 5.75. The lowest BCUT2D eigenvalue weighted by Gasteiger charge is -2.37. The number of nitrogens with one attached hydrogen (secondary N) is 1. The Bertz CT molecular complexity index is 536. The van der Waals surface area contributed by atoms with E-state index in [1.54, 1.807) is 0 Å². The molecule has 1 aliphatic rings. The summed E-state index contributed by atoms with van der Waals surface area (Å²) >= 11 is 0. The third kappa shape index (κ3) is 4.47. The number of aliphatic hydroxyl groups excluding tert-OH is 1. The Hall–Kier alpha value is -1.55. The predicted molar refractivity (Wildman–Crippen MR) is 93.3 cm³/mol. The van der Waals surface area contributed by atoms with Crippen LogP contribution in [0.15, 0.2) is 24.3 Å². The third-order valence-electron chi connectivity index (χ3n) is 4.70. The zero-order valence-electron chi connectivity index (χ0n) is 14.8. The van der Waals surface area contributed by atoms with Gasteiger partial charge in [-0.3, -0.25) is 0 Å². The quantitative estimate of drug-likeness (QED) is 0.896. The summed E-state index contributed by atoms with van der Waals surface area (Å²) in [6.45, 7) is 10.1. The van der Waals surface area contributed by atoms with E-state index in [0.717, 1.165) is 19.4 Å². The first-order valence-corrected chi connectivity index (χ1v) is 8.54. The summed E-state index contributed by atoms with van der Waals surface area (Å²) in [6.07, 6.45) is 1.96. The minimum absolute atomic E-state index is 0.0219. The molecule has 2 rings (SSSR count). The average molecular weight is 318 g/mol.